The topological polar surface area (TPSA) is 91.7 Å². The molecule has 0 amide bonds. The minimum absolute atomic E-state index is 0.304. The lowest BCUT2D eigenvalue weighted by Crippen LogP contribution is -2.44. The molecular weight excluding hydrogens is 704 g/mol. The van der Waals surface area contributed by atoms with Gasteiger partial charge in [0, 0.05) is 10.7 Å². The number of hydrogen-bond donors (Lipinski definition) is 2. The second kappa shape index (κ2) is 5.65. The Hall–Kier alpha value is 1.78. The van der Waals surface area contributed by atoms with Crippen LogP contribution in [0.3, 0.4) is 0 Å². The first-order valence-electron chi connectivity index (χ1n) is 3.85. The van der Waals surface area contributed by atoms with E-state index in [2.05, 4.69) is 0 Å². The van der Waals surface area contributed by atoms with Gasteiger partial charge in [-0.1, -0.05) is 28.7 Å². The third-order valence-corrected chi connectivity index (χ3v) is 13.0. The highest BCUT2D eigenvalue weighted by molar-refractivity contribution is 14.1. The Morgan fingerprint density at radius 3 is 2.18 bits per heavy atom. The van der Waals surface area contributed by atoms with Crippen LogP contribution in [0.15, 0.2) is 16.8 Å². The van der Waals surface area contributed by atoms with Crippen molar-refractivity contribution in [3.8, 4) is 0 Å². The normalized spacial score (nSPS) is 30.2. The van der Waals surface area contributed by atoms with Crippen LogP contribution in [0.5, 0.6) is 0 Å². The Kier molecular flexibility index (Phi) is 5.59. The molecule has 0 saturated carbocycles. The molecule has 2 unspecified atom stereocenters. The number of carbonyl (C=O) groups is 1. The van der Waals surface area contributed by atoms with E-state index in [0.717, 1.165) is 0 Å². The van der Waals surface area contributed by atoms with Crippen molar-refractivity contribution in [1.82, 2.24) is 0 Å². The molecule has 1 rings (SSSR count). The standard InChI is InChI=1S/C7H4I4O5S/c8-3-1-2(6(12)13)7(11,17(14,15)16)5(10)4(3)9/h1-2H,(H,12,13)(H,14,15,16). The van der Waals surface area contributed by atoms with Crippen LogP contribution in [0.4, 0.5) is 0 Å². The first kappa shape index (κ1) is 16.8. The maximum absolute atomic E-state index is 11.5. The van der Waals surface area contributed by atoms with Crippen molar-refractivity contribution >= 4 is 106 Å². The summed E-state index contributed by atoms with van der Waals surface area (Å²) in [5.41, 5.74) is 0. The van der Waals surface area contributed by atoms with Gasteiger partial charge in [0.15, 0.2) is 2.75 Å². The third kappa shape index (κ3) is 2.94. The average molecular weight is 708 g/mol. The van der Waals surface area contributed by atoms with E-state index in [4.69, 9.17) is 5.11 Å². The molecule has 0 saturated heterocycles. The Balaban J connectivity index is 3.61. The predicted molar refractivity (Wildman–Crippen MR) is 96.6 cm³/mol. The molecule has 10 heteroatoms. The van der Waals surface area contributed by atoms with Crippen LogP contribution in [0.25, 0.3) is 0 Å². The van der Waals surface area contributed by atoms with E-state index in [1.807, 2.05) is 45.2 Å². The summed E-state index contributed by atoms with van der Waals surface area (Å²) in [7, 11) is -4.54. The number of aliphatic carboxylic acids is 1. The molecule has 17 heavy (non-hydrogen) atoms. The van der Waals surface area contributed by atoms with Gasteiger partial charge in [0.2, 0.25) is 0 Å². The summed E-state index contributed by atoms with van der Waals surface area (Å²) in [6.45, 7) is 0. The second-order valence-electron chi connectivity index (χ2n) is 3.08. The Labute approximate surface area is 152 Å². The maximum Gasteiger partial charge on any atom is 0.313 e. The number of allylic oxidation sites excluding steroid dienone is 2. The molecule has 2 N–H and O–H groups in total. The first-order chi connectivity index (χ1) is 7.53. The molecule has 0 aromatic carbocycles. The third-order valence-electron chi connectivity index (χ3n) is 2.06. The SMILES string of the molecule is O=C(O)C1C=C(I)C(I)=C(I)C1(I)S(=O)(=O)O. The van der Waals surface area contributed by atoms with Gasteiger partial charge in [0.05, 0.1) is 0 Å². The van der Waals surface area contributed by atoms with E-state index in [9.17, 15) is 17.8 Å². The summed E-state index contributed by atoms with van der Waals surface area (Å²) in [6, 6.07) is 0. The number of rotatable bonds is 2. The molecule has 5 nitrogen and oxygen atoms in total. The van der Waals surface area contributed by atoms with Crippen LogP contribution in [0, 0.1) is 5.92 Å². The van der Waals surface area contributed by atoms with Crippen molar-refractivity contribution in [3.63, 3.8) is 0 Å². The van der Waals surface area contributed by atoms with E-state index in [0.29, 0.717) is 10.7 Å². The molecule has 1 aliphatic rings. The number of carboxylic acids is 1. The van der Waals surface area contributed by atoms with Gasteiger partial charge in [-0.05, 0) is 67.8 Å². The fraction of sp³-hybridized carbons (Fsp3) is 0.286. The Bertz CT molecular complexity index is 536. The molecule has 2 atom stereocenters. The second-order valence-corrected chi connectivity index (χ2v) is 10.4. The lowest BCUT2D eigenvalue weighted by molar-refractivity contribution is -0.140. The van der Waals surface area contributed by atoms with E-state index < -0.39 is 24.8 Å². The zero-order chi connectivity index (χ0) is 13.6. The Morgan fingerprint density at radius 2 is 1.82 bits per heavy atom. The van der Waals surface area contributed by atoms with Crippen molar-refractivity contribution in [2.75, 3.05) is 0 Å². The fourth-order valence-electron chi connectivity index (χ4n) is 1.22. The first-order valence-corrected chi connectivity index (χ1v) is 9.61. The van der Waals surface area contributed by atoms with Crippen molar-refractivity contribution in [2.45, 2.75) is 2.75 Å². The molecule has 1 aliphatic carbocycles. The highest BCUT2D eigenvalue weighted by atomic mass is 127. The van der Waals surface area contributed by atoms with Crippen LogP contribution in [0.2, 0.25) is 0 Å². The van der Waals surface area contributed by atoms with Gasteiger partial charge >= 0.3 is 5.97 Å². The molecule has 96 valence electrons. The minimum atomic E-state index is -4.54. The monoisotopic (exact) mass is 708 g/mol. The van der Waals surface area contributed by atoms with E-state index >= 15 is 0 Å². The molecule has 0 radical (unpaired) electrons. The summed E-state index contributed by atoms with van der Waals surface area (Å²) < 4.78 is 32.1. The maximum atomic E-state index is 11.5. The summed E-state index contributed by atoms with van der Waals surface area (Å²) in [4.78, 5) is 11.2. The van der Waals surface area contributed by atoms with E-state index in [1.165, 1.54) is 28.7 Å². The molecule has 0 heterocycles. The predicted octanol–water partition coefficient (Wildman–Crippen LogP) is 3.12. The zero-order valence-corrected chi connectivity index (χ0v) is 17.1. The van der Waals surface area contributed by atoms with E-state index in [-0.39, 0.29) is 0 Å². The largest absolute Gasteiger partial charge is 0.481 e. The molecule has 0 aromatic heterocycles. The highest BCUT2D eigenvalue weighted by Gasteiger charge is 2.55. The highest BCUT2D eigenvalue weighted by Crippen LogP contribution is 2.53. The number of hydrogen-bond acceptors (Lipinski definition) is 3. The van der Waals surface area contributed by atoms with Crippen LogP contribution in [-0.2, 0) is 14.9 Å². The number of alkyl halides is 1. The van der Waals surface area contributed by atoms with Crippen LogP contribution in [0.1, 0.15) is 0 Å². The van der Waals surface area contributed by atoms with Crippen LogP contribution in [-0.4, -0.2) is 26.8 Å². The summed E-state index contributed by atoms with van der Waals surface area (Å²) >= 11 is 7.13. The van der Waals surface area contributed by atoms with Gasteiger partial charge < -0.3 is 5.11 Å². The molecule has 0 aromatic rings. The fourth-order valence-corrected chi connectivity index (χ4v) is 6.67. The molecule has 0 fully saturated rings. The van der Waals surface area contributed by atoms with Crippen molar-refractivity contribution in [2.24, 2.45) is 5.92 Å². The molecular formula is C7H4I4O5S. The lowest BCUT2D eigenvalue weighted by Gasteiger charge is -2.32. The zero-order valence-electron chi connectivity index (χ0n) is 7.69. The minimum Gasteiger partial charge on any atom is -0.481 e. The molecule has 0 bridgehead atoms. The van der Waals surface area contributed by atoms with E-state index in [1.54, 1.807) is 22.6 Å². The smallest absolute Gasteiger partial charge is 0.313 e. The van der Waals surface area contributed by atoms with Gasteiger partial charge in [-0.15, -0.1) is 0 Å². The Morgan fingerprint density at radius 1 is 1.35 bits per heavy atom. The lowest BCUT2D eigenvalue weighted by atomic mass is 10.0. The van der Waals surface area contributed by atoms with Gasteiger partial charge in [-0.3, -0.25) is 9.35 Å². The van der Waals surface area contributed by atoms with Gasteiger partial charge in [-0.2, -0.15) is 8.42 Å². The average Bonchev–Trinajstić information content (AvgIpc) is 2.18. The quantitative estimate of drug-likeness (QED) is 0.262. The van der Waals surface area contributed by atoms with Crippen LogP contribution < -0.4 is 0 Å². The van der Waals surface area contributed by atoms with Gasteiger partial charge in [-0.25, -0.2) is 0 Å². The van der Waals surface area contributed by atoms with Crippen molar-refractivity contribution in [3.05, 3.63) is 16.8 Å². The van der Waals surface area contributed by atoms with Gasteiger partial charge in [0.1, 0.15) is 5.92 Å². The summed E-state index contributed by atoms with van der Waals surface area (Å²) in [6.07, 6.45) is 1.34. The molecule has 0 spiro atoms. The van der Waals surface area contributed by atoms with Gasteiger partial charge in [0.25, 0.3) is 10.1 Å². The number of carboxylic acid groups (broad SMARTS) is 1. The van der Waals surface area contributed by atoms with Crippen molar-refractivity contribution < 1.29 is 22.9 Å². The van der Waals surface area contributed by atoms with Crippen molar-refractivity contribution in [1.29, 1.82) is 0 Å². The summed E-state index contributed by atoms with van der Waals surface area (Å²) in [5, 5.41) is 9.10. The number of halogens is 4. The molecule has 0 aliphatic heterocycles. The summed E-state index contributed by atoms with van der Waals surface area (Å²) in [5.74, 6) is -2.60. The van der Waals surface area contributed by atoms with Crippen LogP contribution >= 0.6 is 90.4 Å².